The zero-order valence-electron chi connectivity index (χ0n) is 44.3. The Balaban J connectivity index is 0.000000218. The number of amides is 4. The Hall–Kier alpha value is -8.30. The van der Waals surface area contributed by atoms with Crippen LogP contribution in [0.5, 0.6) is 11.5 Å². The minimum atomic E-state index is -0.675. The van der Waals surface area contributed by atoms with Gasteiger partial charge in [-0.05, 0) is 142 Å². The maximum atomic E-state index is 13.4. The topological polar surface area (TPSA) is 190 Å². The highest BCUT2D eigenvalue weighted by Gasteiger charge is 2.26. The number of alkyl halides is 1. The molecule has 4 amide bonds. The molecule has 6 aromatic carbocycles. The van der Waals surface area contributed by atoms with E-state index in [4.69, 9.17) is 14.2 Å². The van der Waals surface area contributed by atoms with E-state index in [9.17, 15) is 24.3 Å². The van der Waals surface area contributed by atoms with Crippen LogP contribution >= 0.6 is 15.9 Å². The maximum absolute atomic E-state index is 13.4. The van der Waals surface area contributed by atoms with Gasteiger partial charge in [-0.2, -0.15) is 0 Å². The summed E-state index contributed by atoms with van der Waals surface area (Å²) in [6, 6.07) is 49.3. The van der Waals surface area contributed by atoms with E-state index >= 15 is 0 Å². The number of anilines is 2. The van der Waals surface area contributed by atoms with Crippen molar-refractivity contribution in [3.63, 3.8) is 0 Å². The lowest BCUT2D eigenvalue weighted by Gasteiger charge is -2.22. The van der Waals surface area contributed by atoms with E-state index in [1.165, 1.54) is 23.3 Å². The molecule has 0 saturated carbocycles. The number of alkyl carbamates (subject to hydrolysis) is 2. The summed E-state index contributed by atoms with van der Waals surface area (Å²) < 4.78 is 16.5. The average Bonchev–Trinajstić information content (AvgIpc) is 3.40. The van der Waals surface area contributed by atoms with Crippen molar-refractivity contribution < 1.29 is 38.5 Å². The second-order valence-electron chi connectivity index (χ2n) is 19.9. The van der Waals surface area contributed by atoms with Gasteiger partial charge in [0.25, 0.3) is 0 Å². The molecule has 2 atom stereocenters. The molecule has 0 aliphatic carbocycles. The molecule has 2 unspecified atom stereocenters. The lowest BCUT2D eigenvalue weighted by molar-refractivity contribution is -0.118. The Morgan fingerprint density at radius 2 is 0.961 bits per heavy atom. The summed E-state index contributed by atoms with van der Waals surface area (Å²) >= 11 is 3.39. The number of halogens is 1. The Bertz CT molecular complexity index is 3150. The van der Waals surface area contributed by atoms with Crippen molar-refractivity contribution in [2.75, 3.05) is 35.7 Å². The molecule has 0 bridgehead atoms. The monoisotopic (exact) mass is 1100 g/mol. The van der Waals surface area contributed by atoms with Gasteiger partial charge in [0.05, 0.1) is 18.4 Å². The average molecular weight is 1100 g/mol. The fraction of sp³-hybridized carbons (Fsp3) is 0.258. The summed E-state index contributed by atoms with van der Waals surface area (Å²) in [6.07, 6.45) is 7.69. The Kier molecular flexibility index (Phi) is 21.5. The van der Waals surface area contributed by atoms with E-state index in [0.29, 0.717) is 29.3 Å². The normalized spacial score (nSPS) is 11.8. The predicted molar refractivity (Wildman–Crippen MR) is 309 cm³/mol. The zero-order chi connectivity index (χ0) is 55.2. The number of hydrogen-bond acceptors (Lipinski definition) is 10. The minimum absolute atomic E-state index is 0.0447. The Labute approximate surface area is 459 Å². The van der Waals surface area contributed by atoms with E-state index in [1.54, 1.807) is 84.5 Å². The first-order valence-corrected chi connectivity index (χ1v) is 26.4. The van der Waals surface area contributed by atoms with Gasteiger partial charge in [-0.1, -0.05) is 113 Å². The van der Waals surface area contributed by atoms with Gasteiger partial charge in [0.15, 0.2) is 0 Å². The van der Waals surface area contributed by atoms with Crippen molar-refractivity contribution >= 4 is 72.9 Å². The number of hydrogen-bond donors (Lipinski definition) is 5. The standard InChI is InChI=1S/C31H33N3O4.C23H25N3O4.C8H9Br/c1-31(2,3)38-30(36)33-21-28(29(35)34-26-12-9-25-20-32-17-15-24(25)19-26)23-10-13-27(14-11-23)37-18-16-22-7-5-4-6-8-22;1-23(2,3)30-22(29)25-14-20(15-5-8-19(27)9-6-15)21(28)26-18-7-4-17-13-24-11-10-16(17)12-18;9-7-6-8-4-2-1-3-5-8/h4-15,17,19-20,28H,16,18,21H2,1-3H3,(H,33,36)(H,34,35);4-13,20,27H,14H2,1-3H3,(H,25,29)(H,26,28);1-5H,6-7H2. The highest BCUT2D eigenvalue weighted by atomic mass is 79.9. The molecule has 0 fully saturated rings. The summed E-state index contributed by atoms with van der Waals surface area (Å²) in [7, 11) is 0. The second-order valence-corrected chi connectivity index (χ2v) is 20.7. The maximum Gasteiger partial charge on any atom is 0.407 e. The van der Waals surface area contributed by atoms with Crippen LogP contribution in [0.3, 0.4) is 0 Å². The van der Waals surface area contributed by atoms with Crippen LogP contribution in [-0.2, 0) is 31.9 Å². The molecule has 5 N–H and O–H groups in total. The van der Waals surface area contributed by atoms with Crippen LogP contribution in [0.15, 0.2) is 183 Å². The van der Waals surface area contributed by atoms with Gasteiger partial charge in [-0.25, -0.2) is 9.59 Å². The number of aryl methyl sites for hydroxylation is 1. The molecule has 8 aromatic rings. The van der Waals surface area contributed by atoms with Crippen LogP contribution in [0.2, 0.25) is 0 Å². The number of aromatic nitrogens is 2. The summed E-state index contributed by atoms with van der Waals surface area (Å²) in [5.41, 5.74) is 4.04. The van der Waals surface area contributed by atoms with Gasteiger partial charge in [0.1, 0.15) is 22.7 Å². The van der Waals surface area contributed by atoms with Crippen molar-refractivity contribution in [1.29, 1.82) is 0 Å². The number of rotatable bonds is 16. The van der Waals surface area contributed by atoms with Crippen LogP contribution in [-0.4, -0.2) is 75.3 Å². The Morgan fingerprint density at radius 3 is 1.39 bits per heavy atom. The minimum Gasteiger partial charge on any atom is -0.508 e. The summed E-state index contributed by atoms with van der Waals surface area (Å²) in [6.45, 7) is 11.4. The number of ether oxygens (including phenoxy) is 3. The lowest BCUT2D eigenvalue weighted by atomic mass is 9.97. The van der Waals surface area contributed by atoms with Crippen LogP contribution in [0.1, 0.15) is 75.6 Å². The fourth-order valence-corrected chi connectivity index (χ4v) is 8.15. The van der Waals surface area contributed by atoms with Gasteiger partial charge in [-0.15, -0.1) is 0 Å². The number of carbonyl (C=O) groups excluding carboxylic acids is 4. The third-order valence-electron chi connectivity index (χ3n) is 11.5. The first-order chi connectivity index (χ1) is 36.9. The molecule has 15 heteroatoms. The van der Waals surface area contributed by atoms with Crippen molar-refractivity contribution in [2.24, 2.45) is 0 Å². The molecule has 0 saturated heterocycles. The van der Waals surface area contributed by atoms with Gasteiger partial charge >= 0.3 is 12.2 Å². The number of nitrogens with zero attached hydrogens (tertiary/aromatic N) is 2. The molecule has 0 aliphatic rings. The number of nitrogens with one attached hydrogen (secondary N) is 4. The SMILES string of the molecule is BrCCc1ccccc1.CC(C)(C)OC(=O)NCC(C(=O)Nc1ccc2cnccc2c1)c1ccc(O)cc1.CC(C)(C)OC(=O)NCC(C(=O)Nc1ccc2cnccc2c1)c1ccc(OCCc2ccccc2)cc1. The van der Waals surface area contributed by atoms with Crippen molar-refractivity contribution in [3.05, 3.63) is 205 Å². The molecule has 0 aliphatic heterocycles. The van der Waals surface area contributed by atoms with Gasteiger partial charge in [0.2, 0.25) is 11.8 Å². The highest BCUT2D eigenvalue weighted by molar-refractivity contribution is 9.09. The number of aromatic hydroxyl groups is 1. The zero-order valence-corrected chi connectivity index (χ0v) is 45.9. The van der Waals surface area contributed by atoms with Crippen LogP contribution in [0.4, 0.5) is 21.0 Å². The van der Waals surface area contributed by atoms with Gasteiger partial charge < -0.3 is 40.6 Å². The number of pyridine rings is 2. The van der Waals surface area contributed by atoms with E-state index in [2.05, 4.69) is 83.6 Å². The molecule has 2 aromatic heterocycles. The number of phenols is 1. The smallest absolute Gasteiger partial charge is 0.407 e. The van der Waals surface area contributed by atoms with Gasteiger partial charge in [0, 0.05) is 71.8 Å². The van der Waals surface area contributed by atoms with Crippen LogP contribution in [0.25, 0.3) is 21.5 Å². The number of benzene rings is 6. The molecule has 2 heterocycles. The second kappa shape index (κ2) is 28.6. The fourth-order valence-electron chi connectivity index (χ4n) is 7.69. The highest BCUT2D eigenvalue weighted by Crippen LogP contribution is 2.26. The lowest BCUT2D eigenvalue weighted by Crippen LogP contribution is -2.37. The summed E-state index contributed by atoms with van der Waals surface area (Å²) in [4.78, 5) is 59.1. The van der Waals surface area contributed by atoms with Crippen LogP contribution in [0, 0.1) is 0 Å². The quantitative estimate of drug-likeness (QED) is 0.0582. The van der Waals surface area contributed by atoms with Crippen molar-refractivity contribution in [2.45, 2.75) is 77.4 Å². The molecular weight excluding hydrogens is 1040 g/mol. The first-order valence-electron chi connectivity index (χ1n) is 25.3. The molecule has 14 nitrogen and oxygen atoms in total. The summed E-state index contributed by atoms with van der Waals surface area (Å²) in [5.74, 6) is -1.04. The van der Waals surface area contributed by atoms with E-state index in [-0.39, 0.29) is 30.7 Å². The molecule has 0 spiro atoms. The molecule has 400 valence electrons. The van der Waals surface area contributed by atoms with E-state index in [0.717, 1.165) is 45.3 Å². The van der Waals surface area contributed by atoms with Crippen LogP contribution < -0.4 is 26.0 Å². The number of fused-ring (bicyclic) bond motifs is 2. The Morgan fingerprint density at radius 1 is 0.532 bits per heavy atom. The van der Waals surface area contributed by atoms with Gasteiger partial charge in [-0.3, -0.25) is 19.6 Å². The van der Waals surface area contributed by atoms with E-state index in [1.807, 2.05) is 91.0 Å². The summed E-state index contributed by atoms with van der Waals surface area (Å²) in [5, 5.41) is 25.8. The third-order valence-corrected chi connectivity index (χ3v) is 11.9. The predicted octanol–water partition coefficient (Wildman–Crippen LogP) is 12.9. The largest absolute Gasteiger partial charge is 0.508 e. The molecular formula is C62H67BrN6O8. The molecule has 8 rings (SSSR count). The first kappa shape index (κ1) is 58.0. The number of carbonyl (C=O) groups is 4. The molecule has 0 radical (unpaired) electrons. The van der Waals surface area contributed by atoms with Crippen molar-refractivity contribution in [1.82, 2.24) is 20.6 Å². The molecule has 77 heavy (non-hydrogen) atoms. The number of phenolic OH excluding ortho intramolecular Hbond substituents is 1. The third kappa shape index (κ3) is 20.1. The van der Waals surface area contributed by atoms with E-state index < -0.39 is 35.2 Å². The van der Waals surface area contributed by atoms with Crippen molar-refractivity contribution in [3.8, 4) is 11.5 Å².